The SMILES string of the molecule is CC(C)c1ccccc1OCC(=O)NC12CC3CC(CC(C3)C1)C2. The number of para-hydroxylation sites is 1. The lowest BCUT2D eigenvalue weighted by Crippen LogP contribution is -2.60. The van der Waals surface area contributed by atoms with E-state index in [0.717, 1.165) is 23.5 Å². The first-order valence-electron chi connectivity index (χ1n) is 9.56. The summed E-state index contributed by atoms with van der Waals surface area (Å²) in [6.07, 6.45) is 7.75. The van der Waals surface area contributed by atoms with Crippen LogP contribution >= 0.6 is 0 Å². The van der Waals surface area contributed by atoms with Gasteiger partial charge in [-0.3, -0.25) is 4.79 Å². The van der Waals surface area contributed by atoms with Gasteiger partial charge in [-0.05, 0) is 73.8 Å². The maximum Gasteiger partial charge on any atom is 0.258 e. The van der Waals surface area contributed by atoms with E-state index in [-0.39, 0.29) is 18.1 Å². The number of rotatable bonds is 5. The van der Waals surface area contributed by atoms with E-state index in [0.29, 0.717) is 5.92 Å². The molecule has 1 aromatic rings. The van der Waals surface area contributed by atoms with E-state index in [1.165, 1.54) is 44.1 Å². The Bertz CT molecular complexity index is 587. The Balaban J connectivity index is 1.38. The van der Waals surface area contributed by atoms with E-state index < -0.39 is 0 Å². The van der Waals surface area contributed by atoms with Crippen LogP contribution in [0.1, 0.15) is 63.9 Å². The van der Waals surface area contributed by atoms with Crippen LogP contribution in [-0.2, 0) is 4.79 Å². The number of carbonyl (C=O) groups is 1. The summed E-state index contributed by atoms with van der Waals surface area (Å²) in [5.41, 5.74) is 1.24. The van der Waals surface area contributed by atoms with Crippen molar-refractivity contribution in [3.63, 3.8) is 0 Å². The molecule has 1 N–H and O–H groups in total. The van der Waals surface area contributed by atoms with Gasteiger partial charge in [0.15, 0.2) is 6.61 Å². The fourth-order valence-corrected chi connectivity index (χ4v) is 5.83. The summed E-state index contributed by atoms with van der Waals surface area (Å²) >= 11 is 0. The van der Waals surface area contributed by atoms with Gasteiger partial charge in [0, 0.05) is 5.54 Å². The van der Waals surface area contributed by atoms with Crippen molar-refractivity contribution in [2.75, 3.05) is 6.61 Å². The summed E-state index contributed by atoms with van der Waals surface area (Å²) in [6.45, 7) is 4.43. The van der Waals surface area contributed by atoms with Crippen LogP contribution in [0, 0.1) is 17.8 Å². The van der Waals surface area contributed by atoms with Crippen LogP contribution in [-0.4, -0.2) is 18.1 Å². The molecule has 0 heterocycles. The minimum Gasteiger partial charge on any atom is -0.483 e. The van der Waals surface area contributed by atoms with Gasteiger partial charge in [-0.15, -0.1) is 0 Å². The maximum atomic E-state index is 12.5. The van der Waals surface area contributed by atoms with Crippen molar-refractivity contribution < 1.29 is 9.53 Å². The molecule has 5 rings (SSSR count). The Hall–Kier alpha value is -1.51. The molecule has 4 fully saturated rings. The maximum absolute atomic E-state index is 12.5. The van der Waals surface area contributed by atoms with Crippen molar-refractivity contribution in [1.82, 2.24) is 5.32 Å². The Labute approximate surface area is 145 Å². The minimum absolute atomic E-state index is 0.0514. The smallest absolute Gasteiger partial charge is 0.258 e. The molecule has 4 saturated carbocycles. The van der Waals surface area contributed by atoms with Crippen molar-refractivity contribution in [2.24, 2.45) is 17.8 Å². The van der Waals surface area contributed by atoms with Gasteiger partial charge in [-0.1, -0.05) is 32.0 Å². The predicted molar refractivity (Wildman–Crippen MR) is 95.1 cm³/mol. The molecule has 4 aliphatic rings. The van der Waals surface area contributed by atoms with Crippen LogP contribution in [0.2, 0.25) is 0 Å². The lowest BCUT2D eigenvalue weighted by molar-refractivity contribution is -0.128. The quantitative estimate of drug-likeness (QED) is 0.877. The van der Waals surface area contributed by atoms with E-state index in [9.17, 15) is 4.79 Å². The molecule has 0 unspecified atom stereocenters. The van der Waals surface area contributed by atoms with Gasteiger partial charge in [-0.25, -0.2) is 0 Å². The molecule has 0 atom stereocenters. The molecule has 0 spiro atoms. The second-order valence-electron chi connectivity index (χ2n) is 8.73. The number of ether oxygens (including phenoxy) is 1. The van der Waals surface area contributed by atoms with Crippen LogP contribution in [0.25, 0.3) is 0 Å². The number of hydrogen-bond donors (Lipinski definition) is 1. The van der Waals surface area contributed by atoms with Crippen LogP contribution in [0.15, 0.2) is 24.3 Å². The fourth-order valence-electron chi connectivity index (χ4n) is 5.83. The van der Waals surface area contributed by atoms with Crippen LogP contribution in [0.5, 0.6) is 5.75 Å². The third-order valence-corrected chi connectivity index (χ3v) is 6.34. The lowest BCUT2D eigenvalue weighted by Gasteiger charge is -2.56. The first-order valence-corrected chi connectivity index (χ1v) is 9.56. The minimum atomic E-state index is 0.0514. The Kier molecular flexibility index (Phi) is 4.06. The number of benzene rings is 1. The molecule has 0 radical (unpaired) electrons. The van der Waals surface area contributed by atoms with Gasteiger partial charge in [-0.2, -0.15) is 0 Å². The molecule has 3 heteroatoms. The summed E-state index contributed by atoms with van der Waals surface area (Å²) in [5, 5.41) is 3.38. The second-order valence-corrected chi connectivity index (χ2v) is 8.73. The zero-order valence-corrected chi connectivity index (χ0v) is 14.9. The normalized spacial score (nSPS) is 33.7. The van der Waals surface area contributed by atoms with Crippen molar-refractivity contribution >= 4 is 5.91 Å². The van der Waals surface area contributed by atoms with Gasteiger partial charge in [0.1, 0.15) is 5.75 Å². The number of nitrogens with one attached hydrogen (secondary N) is 1. The monoisotopic (exact) mass is 327 g/mol. The summed E-state index contributed by atoms with van der Waals surface area (Å²) in [7, 11) is 0. The van der Waals surface area contributed by atoms with Crippen LogP contribution in [0.3, 0.4) is 0 Å². The van der Waals surface area contributed by atoms with Crippen LogP contribution in [0.4, 0.5) is 0 Å². The molecule has 0 saturated heterocycles. The van der Waals surface area contributed by atoms with Gasteiger partial charge in [0.2, 0.25) is 0 Å². The van der Waals surface area contributed by atoms with E-state index in [4.69, 9.17) is 4.74 Å². The summed E-state index contributed by atoms with van der Waals surface area (Å²) in [4.78, 5) is 12.5. The highest BCUT2D eigenvalue weighted by Gasteiger charge is 2.51. The van der Waals surface area contributed by atoms with Crippen LogP contribution < -0.4 is 10.1 Å². The summed E-state index contributed by atoms with van der Waals surface area (Å²) < 4.78 is 5.86. The predicted octanol–water partition coefficient (Wildman–Crippen LogP) is 4.27. The van der Waals surface area contributed by atoms with Gasteiger partial charge < -0.3 is 10.1 Å². The first kappa shape index (κ1) is 16.0. The molecular weight excluding hydrogens is 298 g/mol. The Morgan fingerprint density at radius 3 is 2.29 bits per heavy atom. The molecule has 0 aromatic heterocycles. The second kappa shape index (κ2) is 6.09. The van der Waals surface area contributed by atoms with E-state index in [1.807, 2.05) is 18.2 Å². The fraction of sp³-hybridized carbons (Fsp3) is 0.667. The molecular formula is C21H29NO2. The topological polar surface area (TPSA) is 38.3 Å². The standard InChI is InChI=1S/C21H29NO2/c1-14(2)18-5-3-4-6-19(18)24-13-20(23)22-21-10-15-7-16(11-21)9-17(8-15)12-21/h3-6,14-17H,7-13H2,1-2H3,(H,22,23). The number of hydrogen-bond acceptors (Lipinski definition) is 2. The van der Waals surface area contributed by atoms with Gasteiger partial charge in [0.25, 0.3) is 5.91 Å². The molecule has 1 amide bonds. The number of amides is 1. The average Bonchev–Trinajstić information content (AvgIpc) is 2.51. The average molecular weight is 327 g/mol. The zero-order valence-electron chi connectivity index (χ0n) is 14.9. The largest absolute Gasteiger partial charge is 0.483 e. The molecule has 0 aliphatic heterocycles. The highest BCUT2D eigenvalue weighted by Crippen LogP contribution is 2.55. The highest BCUT2D eigenvalue weighted by molar-refractivity contribution is 5.78. The molecule has 1 aromatic carbocycles. The molecule has 130 valence electrons. The third kappa shape index (κ3) is 3.05. The molecule has 3 nitrogen and oxygen atoms in total. The lowest BCUT2D eigenvalue weighted by atomic mass is 9.53. The third-order valence-electron chi connectivity index (χ3n) is 6.34. The van der Waals surface area contributed by atoms with Crippen molar-refractivity contribution in [2.45, 2.75) is 63.8 Å². The highest BCUT2D eigenvalue weighted by atomic mass is 16.5. The van der Waals surface area contributed by atoms with E-state index >= 15 is 0 Å². The Morgan fingerprint density at radius 2 is 1.71 bits per heavy atom. The molecule has 4 bridgehead atoms. The van der Waals surface area contributed by atoms with E-state index in [1.54, 1.807) is 0 Å². The molecule has 24 heavy (non-hydrogen) atoms. The van der Waals surface area contributed by atoms with E-state index in [2.05, 4.69) is 25.2 Å². The zero-order chi connectivity index (χ0) is 16.7. The number of carbonyl (C=O) groups excluding carboxylic acids is 1. The first-order chi connectivity index (χ1) is 11.5. The van der Waals surface area contributed by atoms with Crippen molar-refractivity contribution in [3.05, 3.63) is 29.8 Å². The van der Waals surface area contributed by atoms with Gasteiger partial charge >= 0.3 is 0 Å². The Morgan fingerprint density at radius 1 is 1.12 bits per heavy atom. The van der Waals surface area contributed by atoms with Gasteiger partial charge in [0.05, 0.1) is 0 Å². The summed E-state index contributed by atoms with van der Waals surface area (Å²) in [5.74, 6) is 3.83. The molecule has 4 aliphatic carbocycles. The van der Waals surface area contributed by atoms with Crippen molar-refractivity contribution in [3.8, 4) is 5.75 Å². The summed E-state index contributed by atoms with van der Waals surface area (Å²) in [6, 6.07) is 8.04. The van der Waals surface area contributed by atoms with Crippen molar-refractivity contribution in [1.29, 1.82) is 0 Å².